The van der Waals surface area contributed by atoms with Crippen LogP contribution in [0.25, 0.3) is 0 Å². The first kappa shape index (κ1) is 15.9. The van der Waals surface area contributed by atoms with E-state index < -0.39 is 0 Å². The van der Waals surface area contributed by atoms with Crippen LogP contribution < -0.4 is 10.1 Å². The number of benzene rings is 1. The minimum Gasteiger partial charge on any atom is -0.487 e. The zero-order valence-corrected chi connectivity index (χ0v) is 13.8. The van der Waals surface area contributed by atoms with Gasteiger partial charge >= 0.3 is 0 Å². The van der Waals surface area contributed by atoms with E-state index in [4.69, 9.17) is 27.9 Å². The largest absolute Gasteiger partial charge is 0.487 e. The number of anilines is 1. The Kier molecular flexibility index (Phi) is 5.32. The first-order valence-electron chi connectivity index (χ1n) is 6.80. The highest BCUT2D eigenvalue weighted by Gasteiger charge is 2.09. The Hall–Kier alpha value is -1.45. The van der Waals surface area contributed by atoms with Crippen LogP contribution in [0.2, 0.25) is 10.0 Å². The fraction of sp³-hybridized carbons (Fsp3) is 0.312. The molecule has 21 heavy (non-hydrogen) atoms. The summed E-state index contributed by atoms with van der Waals surface area (Å²) < 4.78 is 5.89. The van der Waals surface area contributed by atoms with Gasteiger partial charge in [0.2, 0.25) is 0 Å². The van der Waals surface area contributed by atoms with E-state index in [9.17, 15) is 0 Å². The first-order chi connectivity index (χ1) is 10.0. The quantitative estimate of drug-likeness (QED) is 0.838. The second kappa shape index (κ2) is 7.01. The number of pyridine rings is 1. The number of ether oxygens (including phenoxy) is 1. The van der Waals surface area contributed by atoms with Crippen molar-refractivity contribution in [2.75, 3.05) is 11.9 Å². The van der Waals surface area contributed by atoms with Crippen molar-refractivity contribution >= 4 is 29.0 Å². The maximum Gasteiger partial charge on any atom is 0.132 e. The van der Waals surface area contributed by atoms with Crippen molar-refractivity contribution in [1.82, 2.24) is 4.98 Å². The van der Waals surface area contributed by atoms with E-state index in [-0.39, 0.29) is 0 Å². The van der Waals surface area contributed by atoms with Crippen molar-refractivity contribution in [3.63, 3.8) is 0 Å². The molecule has 0 saturated carbocycles. The lowest BCUT2D eigenvalue weighted by Crippen LogP contribution is -2.05. The number of aromatic nitrogens is 1. The lowest BCUT2D eigenvalue weighted by atomic mass is 10.1. The molecule has 2 rings (SSSR count). The minimum atomic E-state index is 0.321. The van der Waals surface area contributed by atoms with Crippen LogP contribution >= 0.6 is 23.2 Å². The molecule has 1 heterocycles. The van der Waals surface area contributed by atoms with Gasteiger partial charge in [0.15, 0.2) is 0 Å². The molecule has 0 bridgehead atoms. The molecule has 0 aliphatic carbocycles. The van der Waals surface area contributed by atoms with Gasteiger partial charge in [0.1, 0.15) is 18.2 Å². The molecule has 0 saturated heterocycles. The van der Waals surface area contributed by atoms with E-state index in [1.807, 2.05) is 45.0 Å². The number of halogens is 2. The monoisotopic (exact) mass is 324 g/mol. The molecule has 0 unspecified atom stereocenters. The molecule has 3 nitrogen and oxygen atoms in total. The molecule has 112 valence electrons. The Morgan fingerprint density at radius 2 is 1.81 bits per heavy atom. The van der Waals surface area contributed by atoms with Crippen LogP contribution in [0.5, 0.6) is 5.75 Å². The van der Waals surface area contributed by atoms with E-state index >= 15 is 0 Å². The van der Waals surface area contributed by atoms with Crippen molar-refractivity contribution in [2.24, 2.45) is 0 Å². The number of rotatable bonds is 5. The van der Waals surface area contributed by atoms with Gasteiger partial charge in [-0.1, -0.05) is 23.2 Å². The summed E-state index contributed by atoms with van der Waals surface area (Å²) in [5, 5.41) is 4.47. The summed E-state index contributed by atoms with van der Waals surface area (Å²) >= 11 is 12.2. The highest BCUT2D eigenvalue weighted by molar-refractivity contribution is 6.31. The Balaban J connectivity index is 2.18. The van der Waals surface area contributed by atoms with Gasteiger partial charge in [-0.2, -0.15) is 0 Å². The standard InChI is InChI=1S/C16H18Cl2N2O/c1-4-19-15-6-5-13(18)14(20-15)9-21-16-10(2)7-12(17)8-11(16)3/h5-8H,4,9H2,1-3H3,(H,19,20). The average molecular weight is 325 g/mol. The van der Waals surface area contributed by atoms with Gasteiger partial charge in [-0.15, -0.1) is 0 Å². The average Bonchev–Trinajstić information content (AvgIpc) is 2.41. The highest BCUT2D eigenvalue weighted by Crippen LogP contribution is 2.28. The molecule has 1 aromatic heterocycles. The van der Waals surface area contributed by atoms with Crippen LogP contribution in [-0.4, -0.2) is 11.5 Å². The fourth-order valence-electron chi connectivity index (χ4n) is 2.13. The first-order valence-corrected chi connectivity index (χ1v) is 7.55. The molecule has 1 N–H and O–H groups in total. The van der Waals surface area contributed by atoms with E-state index in [0.717, 1.165) is 29.2 Å². The molecule has 0 spiro atoms. The van der Waals surface area contributed by atoms with Crippen LogP contribution in [-0.2, 0) is 6.61 Å². The van der Waals surface area contributed by atoms with Gasteiger partial charge in [-0.05, 0) is 56.2 Å². The van der Waals surface area contributed by atoms with Crippen LogP contribution in [0.4, 0.5) is 5.82 Å². The van der Waals surface area contributed by atoms with E-state index in [2.05, 4.69) is 10.3 Å². The highest BCUT2D eigenvalue weighted by atomic mass is 35.5. The normalized spacial score (nSPS) is 10.5. The Morgan fingerprint density at radius 1 is 1.14 bits per heavy atom. The SMILES string of the molecule is CCNc1ccc(Cl)c(COc2c(C)cc(Cl)cc2C)n1. The summed E-state index contributed by atoms with van der Waals surface area (Å²) in [5.74, 6) is 1.62. The smallest absolute Gasteiger partial charge is 0.132 e. The summed E-state index contributed by atoms with van der Waals surface area (Å²) in [7, 11) is 0. The number of nitrogens with one attached hydrogen (secondary N) is 1. The van der Waals surface area contributed by atoms with Gasteiger partial charge in [-0.25, -0.2) is 4.98 Å². The molecular formula is C16H18Cl2N2O. The van der Waals surface area contributed by atoms with Crippen molar-refractivity contribution in [1.29, 1.82) is 0 Å². The number of nitrogens with zero attached hydrogens (tertiary/aromatic N) is 1. The summed E-state index contributed by atoms with van der Waals surface area (Å²) in [5.41, 5.74) is 2.71. The van der Waals surface area contributed by atoms with Gasteiger partial charge in [0.25, 0.3) is 0 Å². The lowest BCUT2D eigenvalue weighted by molar-refractivity contribution is 0.297. The van der Waals surface area contributed by atoms with Gasteiger partial charge in [0, 0.05) is 11.6 Å². The van der Waals surface area contributed by atoms with Crippen molar-refractivity contribution in [3.05, 3.63) is 51.1 Å². The summed E-state index contributed by atoms with van der Waals surface area (Å²) in [6.45, 7) is 7.09. The molecule has 0 aliphatic heterocycles. The van der Waals surface area contributed by atoms with Crippen molar-refractivity contribution in [2.45, 2.75) is 27.4 Å². The molecule has 5 heteroatoms. The second-order valence-electron chi connectivity index (χ2n) is 4.81. The van der Waals surface area contributed by atoms with Crippen LogP contribution in [0.3, 0.4) is 0 Å². The number of hydrogen-bond donors (Lipinski definition) is 1. The van der Waals surface area contributed by atoms with Gasteiger partial charge in [-0.3, -0.25) is 0 Å². The predicted octanol–water partition coefficient (Wildman–Crippen LogP) is 5.02. The topological polar surface area (TPSA) is 34.1 Å². The third-order valence-corrected chi connectivity index (χ3v) is 3.62. The van der Waals surface area contributed by atoms with Crippen molar-refractivity contribution < 1.29 is 4.74 Å². The van der Waals surface area contributed by atoms with Crippen molar-refractivity contribution in [3.8, 4) is 5.75 Å². The molecule has 2 aromatic rings. The maximum atomic E-state index is 6.18. The zero-order valence-electron chi connectivity index (χ0n) is 12.3. The third kappa shape index (κ3) is 4.02. The minimum absolute atomic E-state index is 0.321. The summed E-state index contributed by atoms with van der Waals surface area (Å²) in [6.07, 6.45) is 0. The van der Waals surface area contributed by atoms with E-state index in [1.54, 1.807) is 0 Å². The molecule has 0 amide bonds. The predicted molar refractivity (Wildman–Crippen MR) is 88.7 cm³/mol. The molecule has 0 aliphatic rings. The molecule has 0 fully saturated rings. The summed E-state index contributed by atoms with van der Waals surface area (Å²) in [4.78, 5) is 4.46. The molecule has 0 radical (unpaired) electrons. The molecule has 1 aromatic carbocycles. The van der Waals surface area contributed by atoms with E-state index in [0.29, 0.717) is 22.3 Å². The zero-order chi connectivity index (χ0) is 15.4. The third-order valence-electron chi connectivity index (χ3n) is 3.05. The van der Waals surface area contributed by atoms with Gasteiger partial charge < -0.3 is 10.1 Å². The fourth-order valence-corrected chi connectivity index (χ4v) is 2.62. The van der Waals surface area contributed by atoms with E-state index in [1.165, 1.54) is 0 Å². The molecule has 0 atom stereocenters. The second-order valence-corrected chi connectivity index (χ2v) is 5.66. The Bertz CT molecular complexity index is 621. The lowest BCUT2D eigenvalue weighted by Gasteiger charge is -2.13. The van der Waals surface area contributed by atoms with Gasteiger partial charge in [0.05, 0.1) is 10.7 Å². The van der Waals surface area contributed by atoms with Crippen LogP contribution in [0.15, 0.2) is 24.3 Å². The number of hydrogen-bond acceptors (Lipinski definition) is 3. The van der Waals surface area contributed by atoms with Crippen LogP contribution in [0.1, 0.15) is 23.7 Å². The maximum absolute atomic E-state index is 6.18. The van der Waals surface area contributed by atoms with Crippen LogP contribution in [0, 0.1) is 13.8 Å². The summed E-state index contributed by atoms with van der Waals surface area (Å²) in [6, 6.07) is 7.45. The number of aryl methyl sites for hydroxylation is 2. The molecular weight excluding hydrogens is 307 g/mol. The Morgan fingerprint density at radius 3 is 2.43 bits per heavy atom. The Labute approximate surface area is 135 Å².